The Balaban J connectivity index is 2.33. The maximum absolute atomic E-state index is 12.5. The van der Waals surface area contributed by atoms with Crippen LogP contribution < -0.4 is 4.74 Å². The third-order valence-electron chi connectivity index (χ3n) is 3.38. The molecule has 0 radical (unpaired) electrons. The molecule has 0 atom stereocenters. The molecule has 3 heteroatoms. The van der Waals surface area contributed by atoms with Crippen molar-refractivity contribution >= 4 is 11.6 Å². The standard InChI is InChI=1S/C20H23NO2/c1-20(2,3)14-18(15-8-6-5-7-9-15)21-19(22)16-10-12-17(23-4)13-11-16/h5-13H,14H2,1-4H3. The molecule has 2 rings (SSSR count). The highest BCUT2D eigenvalue weighted by molar-refractivity contribution is 6.10. The summed E-state index contributed by atoms with van der Waals surface area (Å²) in [6.45, 7) is 6.43. The largest absolute Gasteiger partial charge is 0.497 e. The van der Waals surface area contributed by atoms with Gasteiger partial charge in [-0.3, -0.25) is 4.79 Å². The summed E-state index contributed by atoms with van der Waals surface area (Å²) in [6, 6.07) is 16.9. The van der Waals surface area contributed by atoms with Crippen molar-refractivity contribution in [3.05, 3.63) is 65.7 Å². The Morgan fingerprint density at radius 3 is 2.09 bits per heavy atom. The fourth-order valence-corrected chi connectivity index (χ4v) is 2.26. The Labute approximate surface area is 138 Å². The van der Waals surface area contributed by atoms with Gasteiger partial charge in [0, 0.05) is 5.56 Å². The molecular formula is C20H23NO2. The first-order valence-electron chi connectivity index (χ1n) is 7.70. The summed E-state index contributed by atoms with van der Waals surface area (Å²) in [7, 11) is 1.60. The number of aliphatic imine (C=N–C) groups is 1. The molecule has 23 heavy (non-hydrogen) atoms. The minimum absolute atomic E-state index is 0.0505. The molecule has 0 saturated heterocycles. The second kappa shape index (κ2) is 7.23. The molecule has 0 aliphatic carbocycles. The zero-order valence-electron chi connectivity index (χ0n) is 14.2. The quantitative estimate of drug-likeness (QED) is 0.764. The first-order valence-corrected chi connectivity index (χ1v) is 7.70. The van der Waals surface area contributed by atoms with Gasteiger partial charge in [-0.25, -0.2) is 4.99 Å². The molecular weight excluding hydrogens is 286 g/mol. The van der Waals surface area contributed by atoms with Crippen LogP contribution in [0.2, 0.25) is 0 Å². The SMILES string of the molecule is COc1ccc(C(=O)N=C(CC(C)(C)C)c2ccccc2)cc1. The van der Waals surface area contributed by atoms with Crippen LogP contribution >= 0.6 is 0 Å². The van der Waals surface area contributed by atoms with E-state index in [2.05, 4.69) is 25.8 Å². The van der Waals surface area contributed by atoms with Crippen molar-refractivity contribution in [3.8, 4) is 5.75 Å². The molecule has 2 aromatic carbocycles. The average molecular weight is 309 g/mol. The molecule has 0 saturated carbocycles. The Morgan fingerprint density at radius 1 is 0.957 bits per heavy atom. The number of carbonyl (C=O) groups excluding carboxylic acids is 1. The summed E-state index contributed by atoms with van der Waals surface area (Å²) in [5, 5.41) is 0. The lowest BCUT2D eigenvalue weighted by atomic mass is 9.87. The van der Waals surface area contributed by atoms with E-state index in [0.717, 1.165) is 23.4 Å². The fraction of sp³-hybridized carbons (Fsp3) is 0.300. The van der Waals surface area contributed by atoms with Gasteiger partial charge in [-0.05, 0) is 41.7 Å². The Hall–Kier alpha value is -2.42. The average Bonchev–Trinajstić information content (AvgIpc) is 2.54. The predicted molar refractivity (Wildman–Crippen MR) is 94.4 cm³/mol. The van der Waals surface area contributed by atoms with Gasteiger partial charge in [0.1, 0.15) is 5.75 Å². The van der Waals surface area contributed by atoms with Gasteiger partial charge in [-0.15, -0.1) is 0 Å². The van der Waals surface area contributed by atoms with E-state index in [1.807, 2.05) is 30.3 Å². The summed E-state index contributed by atoms with van der Waals surface area (Å²) < 4.78 is 5.12. The molecule has 0 N–H and O–H groups in total. The topological polar surface area (TPSA) is 38.7 Å². The smallest absolute Gasteiger partial charge is 0.277 e. The highest BCUT2D eigenvalue weighted by Gasteiger charge is 2.17. The second-order valence-electron chi connectivity index (χ2n) is 6.70. The van der Waals surface area contributed by atoms with Crippen molar-refractivity contribution in [1.82, 2.24) is 0 Å². The summed E-state index contributed by atoms with van der Waals surface area (Å²) in [4.78, 5) is 16.9. The molecule has 0 aliphatic rings. The lowest BCUT2D eigenvalue weighted by Gasteiger charge is -2.19. The number of carbonyl (C=O) groups is 1. The predicted octanol–water partition coefficient (Wildman–Crippen LogP) is 4.76. The molecule has 0 aromatic heterocycles. The van der Waals surface area contributed by atoms with Crippen molar-refractivity contribution in [2.75, 3.05) is 7.11 Å². The van der Waals surface area contributed by atoms with Gasteiger partial charge in [-0.1, -0.05) is 51.1 Å². The van der Waals surface area contributed by atoms with E-state index in [1.165, 1.54) is 0 Å². The van der Waals surface area contributed by atoms with Crippen LogP contribution in [0.5, 0.6) is 5.75 Å². The van der Waals surface area contributed by atoms with Crippen LogP contribution in [0.4, 0.5) is 0 Å². The van der Waals surface area contributed by atoms with Gasteiger partial charge in [0.2, 0.25) is 0 Å². The highest BCUT2D eigenvalue weighted by atomic mass is 16.5. The third kappa shape index (κ3) is 5.06. The number of ether oxygens (including phenoxy) is 1. The first-order chi connectivity index (χ1) is 10.9. The van der Waals surface area contributed by atoms with Crippen LogP contribution in [0, 0.1) is 5.41 Å². The lowest BCUT2D eigenvalue weighted by molar-refractivity contribution is 0.100. The van der Waals surface area contributed by atoms with Gasteiger partial charge >= 0.3 is 0 Å². The number of rotatable bonds is 4. The lowest BCUT2D eigenvalue weighted by Crippen LogP contribution is -2.15. The van der Waals surface area contributed by atoms with E-state index in [9.17, 15) is 4.79 Å². The first kappa shape index (κ1) is 16.9. The van der Waals surface area contributed by atoms with Gasteiger partial charge in [0.05, 0.1) is 12.8 Å². The summed E-state index contributed by atoms with van der Waals surface area (Å²) >= 11 is 0. The Morgan fingerprint density at radius 2 is 1.57 bits per heavy atom. The van der Waals surface area contributed by atoms with E-state index in [-0.39, 0.29) is 11.3 Å². The van der Waals surface area contributed by atoms with Crippen LogP contribution in [-0.4, -0.2) is 18.7 Å². The van der Waals surface area contributed by atoms with Gasteiger partial charge < -0.3 is 4.74 Å². The van der Waals surface area contributed by atoms with Crippen molar-refractivity contribution in [2.45, 2.75) is 27.2 Å². The van der Waals surface area contributed by atoms with Gasteiger partial charge in [0.15, 0.2) is 0 Å². The summed E-state index contributed by atoms with van der Waals surface area (Å²) in [5.74, 6) is 0.499. The molecule has 120 valence electrons. The van der Waals surface area contributed by atoms with Crippen LogP contribution in [0.25, 0.3) is 0 Å². The van der Waals surface area contributed by atoms with E-state index < -0.39 is 0 Å². The number of hydrogen-bond donors (Lipinski definition) is 0. The summed E-state index contributed by atoms with van der Waals surface area (Å²) in [6.07, 6.45) is 0.735. The molecule has 0 spiro atoms. The molecule has 3 nitrogen and oxygen atoms in total. The number of hydrogen-bond acceptors (Lipinski definition) is 2. The minimum atomic E-state index is -0.226. The fourth-order valence-electron chi connectivity index (χ4n) is 2.26. The van der Waals surface area contributed by atoms with Crippen LogP contribution in [-0.2, 0) is 0 Å². The maximum Gasteiger partial charge on any atom is 0.277 e. The highest BCUT2D eigenvalue weighted by Crippen LogP contribution is 2.23. The maximum atomic E-state index is 12.5. The number of amides is 1. The number of nitrogens with zero attached hydrogens (tertiary/aromatic N) is 1. The van der Waals surface area contributed by atoms with Crippen molar-refractivity contribution in [3.63, 3.8) is 0 Å². The third-order valence-corrected chi connectivity index (χ3v) is 3.38. The molecule has 0 fully saturated rings. The van der Waals surface area contributed by atoms with Crippen molar-refractivity contribution < 1.29 is 9.53 Å². The second-order valence-corrected chi connectivity index (χ2v) is 6.70. The molecule has 1 amide bonds. The van der Waals surface area contributed by atoms with Gasteiger partial charge in [0.25, 0.3) is 5.91 Å². The molecule has 0 heterocycles. The van der Waals surface area contributed by atoms with Crippen LogP contribution in [0.3, 0.4) is 0 Å². The van der Waals surface area contributed by atoms with E-state index in [1.54, 1.807) is 31.4 Å². The van der Waals surface area contributed by atoms with E-state index in [4.69, 9.17) is 4.74 Å². The van der Waals surface area contributed by atoms with Gasteiger partial charge in [-0.2, -0.15) is 0 Å². The Kier molecular flexibility index (Phi) is 5.32. The van der Waals surface area contributed by atoms with Crippen molar-refractivity contribution in [2.24, 2.45) is 10.4 Å². The number of methoxy groups -OCH3 is 1. The number of benzene rings is 2. The Bertz CT molecular complexity index is 680. The van der Waals surface area contributed by atoms with Crippen molar-refractivity contribution in [1.29, 1.82) is 0 Å². The monoisotopic (exact) mass is 309 g/mol. The zero-order chi connectivity index (χ0) is 16.9. The van der Waals surface area contributed by atoms with E-state index in [0.29, 0.717) is 5.56 Å². The van der Waals surface area contributed by atoms with E-state index >= 15 is 0 Å². The molecule has 0 unspecified atom stereocenters. The summed E-state index contributed by atoms with van der Waals surface area (Å²) in [5.41, 5.74) is 2.42. The molecule has 0 bridgehead atoms. The van der Waals surface area contributed by atoms with Crippen LogP contribution in [0.15, 0.2) is 59.6 Å². The zero-order valence-corrected chi connectivity index (χ0v) is 14.2. The normalized spacial score (nSPS) is 12.1. The molecule has 2 aromatic rings. The minimum Gasteiger partial charge on any atom is -0.497 e. The molecule has 0 aliphatic heterocycles. The van der Waals surface area contributed by atoms with Crippen LogP contribution in [0.1, 0.15) is 43.1 Å².